The lowest BCUT2D eigenvalue weighted by Crippen LogP contribution is -2.38. The van der Waals surface area contributed by atoms with E-state index >= 15 is 0 Å². The van der Waals surface area contributed by atoms with Gasteiger partial charge >= 0.3 is 0 Å². The number of likely N-dealkylation sites (tertiary alicyclic amines) is 1. The fourth-order valence-corrected chi connectivity index (χ4v) is 2.80. The predicted octanol–water partition coefficient (Wildman–Crippen LogP) is 2.04. The second-order valence-electron chi connectivity index (χ2n) is 5.62. The number of piperidine rings is 1. The number of carbonyl (C=O) groups is 1. The van der Waals surface area contributed by atoms with E-state index in [9.17, 15) is 4.79 Å². The Morgan fingerprint density at radius 3 is 2.71 bits per heavy atom. The van der Waals surface area contributed by atoms with E-state index in [1.165, 1.54) is 0 Å². The van der Waals surface area contributed by atoms with Gasteiger partial charge in [-0.25, -0.2) is 0 Å². The first-order valence-electron chi connectivity index (χ1n) is 7.74. The van der Waals surface area contributed by atoms with Gasteiger partial charge in [-0.15, -0.1) is 0 Å². The topological polar surface area (TPSA) is 49.8 Å². The van der Waals surface area contributed by atoms with Gasteiger partial charge in [0.15, 0.2) is 5.78 Å². The Hall–Kier alpha value is -1.23. The molecule has 1 aliphatic rings. The normalized spacial score (nSPS) is 17.0. The van der Waals surface area contributed by atoms with Crippen molar-refractivity contribution in [2.45, 2.75) is 32.3 Å². The molecule has 21 heavy (non-hydrogen) atoms. The van der Waals surface area contributed by atoms with E-state index in [-0.39, 0.29) is 18.5 Å². The Kier molecular flexibility index (Phi) is 6.36. The number of benzene rings is 1. The summed E-state index contributed by atoms with van der Waals surface area (Å²) in [4.78, 5) is 14.6. The molecule has 1 aromatic rings. The molecular formula is C17H25NO3. The van der Waals surface area contributed by atoms with Crippen LogP contribution in [0.5, 0.6) is 0 Å². The minimum Gasteiger partial charge on any atom is -0.394 e. The van der Waals surface area contributed by atoms with Gasteiger partial charge in [0, 0.05) is 31.6 Å². The summed E-state index contributed by atoms with van der Waals surface area (Å²) in [5, 5.41) is 8.75. The molecule has 1 fully saturated rings. The van der Waals surface area contributed by atoms with Crippen molar-refractivity contribution >= 4 is 5.78 Å². The van der Waals surface area contributed by atoms with Gasteiger partial charge < -0.3 is 14.7 Å². The highest BCUT2D eigenvalue weighted by molar-refractivity contribution is 5.97. The highest BCUT2D eigenvalue weighted by Gasteiger charge is 2.20. The molecule has 0 spiro atoms. The minimum absolute atomic E-state index is 0.0884. The minimum atomic E-state index is 0.0884. The van der Waals surface area contributed by atoms with Crippen LogP contribution in [0.2, 0.25) is 0 Å². The molecule has 0 aliphatic carbocycles. The molecule has 1 aliphatic heterocycles. The summed E-state index contributed by atoms with van der Waals surface area (Å²) >= 11 is 0. The molecule has 0 bridgehead atoms. The number of hydrogen-bond donors (Lipinski definition) is 1. The molecular weight excluding hydrogens is 266 g/mol. The van der Waals surface area contributed by atoms with E-state index in [4.69, 9.17) is 9.84 Å². The number of hydrogen-bond acceptors (Lipinski definition) is 4. The third-order valence-electron chi connectivity index (χ3n) is 4.08. The average Bonchev–Trinajstić information content (AvgIpc) is 2.52. The Labute approximate surface area is 126 Å². The summed E-state index contributed by atoms with van der Waals surface area (Å²) in [6.45, 7) is 5.26. The molecule has 1 aromatic carbocycles. The molecule has 1 heterocycles. The molecule has 4 nitrogen and oxygen atoms in total. The number of aryl methyl sites for hydroxylation is 1. The molecule has 0 radical (unpaired) electrons. The molecule has 116 valence electrons. The number of nitrogens with zero attached hydrogens (tertiary/aromatic N) is 1. The van der Waals surface area contributed by atoms with Crippen molar-refractivity contribution in [3.63, 3.8) is 0 Å². The Morgan fingerprint density at radius 2 is 2.05 bits per heavy atom. The number of ether oxygens (including phenoxy) is 1. The smallest absolute Gasteiger partial charge is 0.164 e. The van der Waals surface area contributed by atoms with E-state index in [1.807, 2.05) is 31.2 Å². The average molecular weight is 291 g/mol. The molecule has 0 unspecified atom stereocenters. The summed E-state index contributed by atoms with van der Waals surface area (Å²) in [5.41, 5.74) is 1.90. The summed E-state index contributed by atoms with van der Waals surface area (Å²) in [5.74, 6) is 0.228. The summed E-state index contributed by atoms with van der Waals surface area (Å²) < 4.78 is 5.55. The molecule has 4 heteroatoms. The van der Waals surface area contributed by atoms with Gasteiger partial charge in [0.2, 0.25) is 0 Å². The van der Waals surface area contributed by atoms with E-state index in [0.717, 1.165) is 43.6 Å². The van der Waals surface area contributed by atoms with Gasteiger partial charge in [-0.2, -0.15) is 0 Å². The lowest BCUT2D eigenvalue weighted by Gasteiger charge is -2.31. The fourth-order valence-electron chi connectivity index (χ4n) is 2.80. The third kappa shape index (κ3) is 4.92. The summed E-state index contributed by atoms with van der Waals surface area (Å²) in [6.07, 6.45) is 2.81. The molecule has 2 rings (SSSR count). The predicted molar refractivity (Wildman–Crippen MR) is 82.6 cm³/mol. The molecule has 0 amide bonds. The van der Waals surface area contributed by atoms with E-state index in [1.54, 1.807) is 0 Å². The fraction of sp³-hybridized carbons (Fsp3) is 0.588. The Morgan fingerprint density at radius 1 is 1.33 bits per heavy atom. The lowest BCUT2D eigenvalue weighted by atomic mass is 10.0. The van der Waals surface area contributed by atoms with Crippen LogP contribution >= 0.6 is 0 Å². The van der Waals surface area contributed by atoms with Crippen LogP contribution < -0.4 is 0 Å². The quantitative estimate of drug-likeness (QED) is 0.781. The van der Waals surface area contributed by atoms with Crippen molar-refractivity contribution < 1.29 is 14.6 Å². The number of aliphatic hydroxyl groups is 1. The van der Waals surface area contributed by atoms with Gasteiger partial charge in [-0.05, 0) is 25.3 Å². The first-order chi connectivity index (χ1) is 10.2. The molecule has 0 aromatic heterocycles. The summed E-state index contributed by atoms with van der Waals surface area (Å²) in [7, 11) is 0. The molecule has 1 saturated heterocycles. The largest absolute Gasteiger partial charge is 0.394 e. The highest BCUT2D eigenvalue weighted by atomic mass is 16.5. The van der Waals surface area contributed by atoms with Crippen molar-refractivity contribution in [1.29, 1.82) is 0 Å². The van der Waals surface area contributed by atoms with Crippen LogP contribution in [0, 0.1) is 6.92 Å². The van der Waals surface area contributed by atoms with Crippen LogP contribution in [0.15, 0.2) is 24.3 Å². The number of carbonyl (C=O) groups excluding carboxylic acids is 1. The first-order valence-corrected chi connectivity index (χ1v) is 7.74. The number of aliphatic hydroxyl groups excluding tert-OH is 1. The highest BCUT2D eigenvalue weighted by Crippen LogP contribution is 2.15. The van der Waals surface area contributed by atoms with Crippen LogP contribution in [0.4, 0.5) is 0 Å². The zero-order chi connectivity index (χ0) is 15.1. The van der Waals surface area contributed by atoms with Gasteiger partial charge in [0.05, 0.1) is 19.3 Å². The van der Waals surface area contributed by atoms with E-state index < -0.39 is 0 Å². The van der Waals surface area contributed by atoms with Crippen LogP contribution in [-0.2, 0) is 4.74 Å². The lowest BCUT2D eigenvalue weighted by molar-refractivity contribution is -0.00760. The van der Waals surface area contributed by atoms with Crippen molar-refractivity contribution in [1.82, 2.24) is 4.90 Å². The van der Waals surface area contributed by atoms with E-state index in [2.05, 4.69) is 4.90 Å². The van der Waals surface area contributed by atoms with Gasteiger partial charge in [-0.1, -0.05) is 24.3 Å². The van der Waals surface area contributed by atoms with Crippen LogP contribution in [0.25, 0.3) is 0 Å². The van der Waals surface area contributed by atoms with Crippen molar-refractivity contribution in [3.05, 3.63) is 35.4 Å². The van der Waals surface area contributed by atoms with Gasteiger partial charge in [0.25, 0.3) is 0 Å². The van der Waals surface area contributed by atoms with Crippen LogP contribution in [0.1, 0.15) is 35.2 Å². The van der Waals surface area contributed by atoms with Crippen molar-refractivity contribution in [2.24, 2.45) is 0 Å². The maximum atomic E-state index is 12.2. The number of rotatable bonds is 7. The van der Waals surface area contributed by atoms with Crippen molar-refractivity contribution in [2.75, 3.05) is 32.8 Å². The Balaban J connectivity index is 1.72. The molecule has 0 saturated carbocycles. The zero-order valence-corrected chi connectivity index (χ0v) is 12.8. The molecule has 1 N–H and O–H groups in total. The third-order valence-corrected chi connectivity index (χ3v) is 4.08. The maximum Gasteiger partial charge on any atom is 0.164 e. The maximum absolute atomic E-state index is 12.2. The first kappa shape index (κ1) is 16.1. The van der Waals surface area contributed by atoms with Gasteiger partial charge in [0.1, 0.15) is 0 Å². The monoisotopic (exact) mass is 291 g/mol. The standard InChI is InChI=1S/C17H25NO3/c1-14-4-2-3-5-16(14)17(20)8-11-18-9-6-15(7-10-18)21-13-12-19/h2-5,15,19H,6-13H2,1H3. The van der Waals surface area contributed by atoms with Crippen LogP contribution in [0.3, 0.4) is 0 Å². The summed E-state index contributed by atoms with van der Waals surface area (Å²) in [6, 6.07) is 7.78. The van der Waals surface area contributed by atoms with Gasteiger partial charge in [-0.3, -0.25) is 4.79 Å². The molecule has 0 atom stereocenters. The zero-order valence-electron chi connectivity index (χ0n) is 12.8. The number of ketones is 1. The number of Topliss-reactive ketones (excluding diaryl/α,β-unsaturated/α-hetero) is 1. The second kappa shape index (κ2) is 8.27. The Bertz CT molecular complexity index is 453. The van der Waals surface area contributed by atoms with E-state index in [0.29, 0.717) is 13.0 Å². The van der Waals surface area contributed by atoms with Crippen LogP contribution in [-0.4, -0.2) is 54.7 Å². The second-order valence-corrected chi connectivity index (χ2v) is 5.62. The SMILES string of the molecule is Cc1ccccc1C(=O)CCN1CCC(OCCO)CC1. The van der Waals surface area contributed by atoms with Crippen molar-refractivity contribution in [3.8, 4) is 0 Å².